The number of rotatable bonds is 4. The van der Waals surface area contributed by atoms with E-state index in [1.54, 1.807) is 0 Å². The number of halogens is 2. The van der Waals surface area contributed by atoms with E-state index in [2.05, 4.69) is 5.32 Å². The van der Waals surface area contributed by atoms with Crippen LogP contribution in [0.5, 0.6) is 0 Å². The first-order chi connectivity index (χ1) is 7.62. The van der Waals surface area contributed by atoms with Crippen LogP contribution in [0.15, 0.2) is 0 Å². The van der Waals surface area contributed by atoms with Gasteiger partial charge in [0.2, 0.25) is 5.91 Å². The van der Waals surface area contributed by atoms with Gasteiger partial charge in [-0.1, -0.05) is 13.8 Å². The Morgan fingerprint density at radius 2 is 1.71 bits per heavy atom. The van der Waals surface area contributed by atoms with Crippen molar-refractivity contribution in [3.63, 3.8) is 0 Å². The summed E-state index contributed by atoms with van der Waals surface area (Å²) in [5.74, 6) is -2.30. The summed E-state index contributed by atoms with van der Waals surface area (Å²) in [6.45, 7) is 7.01. The predicted octanol–water partition coefficient (Wildman–Crippen LogP) is 2.97. The lowest BCUT2D eigenvalue weighted by molar-refractivity contribution is -0.296. The lowest BCUT2D eigenvalue weighted by Gasteiger charge is -2.70. The van der Waals surface area contributed by atoms with E-state index in [0.29, 0.717) is 25.2 Å². The Bertz CT molecular complexity index is 326. The average Bonchev–Trinajstić information content (AvgIpc) is 1.94. The molecule has 0 heterocycles. The molecule has 0 aliphatic heterocycles. The Morgan fingerprint density at radius 1 is 1.24 bits per heavy atom. The van der Waals surface area contributed by atoms with Gasteiger partial charge >= 0.3 is 0 Å². The Kier molecular flexibility index (Phi) is 2.57. The van der Waals surface area contributed by atoms with Gasteiger partial charge < -0.3 is 5.32 Å². The van der Waals surface area contributed by atoms with Crippen LogP contribution in [0.4, 0.5) is 8.78 Å². The molecule has 0 aromatic heterocycles. The second kappa shape index (κ2) is 3.42. The van der Waals surface area contributed by atoms with E-state index in [-0.39, 0.29) is 11.9 Å². The van der Waals surface area contributed by atoms with Crippen LogP contribution in [0.3, 0.4) is 0 Å². The molecule has 4 heteroatoms. The third kappa shape index (κ3) is 1.67. The van der Waals surface area contributed by atoms with Crippen molar-refractivity contribution in [1.29, 1.82) is 0 Å². The zero-order valence-corrected chi connectivity index (χ0v) is 10.9. The second-order valence-electron chi connectivity index (χ2n) is 6.49. The summed E-state index contributed by atoms with van der Waals surface area (Å²) in [4.78, 5) is 12.0. The summed E-state index contributed by atoms with van der Waals surface area (Å²) in [7, 11) is 0. The molecular weight excluding hydrogens is 224 g/mol. The van der Waals surface area contributed by atoms with Crippen molar-refractivity contribution in [3.05, 3.63) is 0 Å². The van der Waals surface area contributed by atoms with Gasteiger partial charge in [-0.15, -0.1) is 0 Å². The number of hydrogen-bond donors (Lipinski definition) is 1. The molecule has 0 aromatic carbocycles. The third-order valence-corrected chi connectivity index (χ3v) is 4.80. The minimum absolute atomic E-state index is 0.0233. The number of hydrogen-bond acceptors (Lipinski definition) is 1. The van der Waals surface area contributed by atoms with E-state index in [1.165, 1.54) is 0 Å². The fraction of sp³-hybridized carbons (Fsp3) is 0.923. The lowest BCUT2D eigenvalue weighted by Crippen LogP contribution is -2.73. The Morgan fingerprint density at radius 3 is 2.06 bits per heavy atom. The molecule has 2 bridgehead atoms. The number of nitrogens with one attached hydrogen (secondary N) is 1. The van der Waals surface area contributed by atoms with Crippen molar-refractivity contribution in [2.75, 3.05) is 0 Å². The van der Waals surface area contributed by atoms with Gasteiger partial charge in [-0.25, -0.2) is 8.78 Å². The van der Waals surface area contributed by atoms with Gasteiger partial charge in [-0.2, -0.15) is 0 Å². The number of carbonyl (C=O) groups excluding carboxylic acids is 1. The van der Waals surface area contributed by atoms with Gasteiger partial charge in [0.1, 0.15) is 0 Å². The fourth-order valence-electron chi connectivity index (χ4n) is 3.02. The first kappa shape index (κ1) is 12.8. The van der Waals surface area contributed by atoms with Gasteiger partial charge in [0.25, 0.3) is 5.92 Å². The molecule has 98 valence electrons. The highest BCUT2D eigenvalue weighted by molar-refractivity contribution is 5.86. The summed E-state index contributed by atoms with van der Waals surface area (Å²) in [5.41, 5.74) is -1.34. The quantitative estimate of drug-likeness (QED) is 0.810. The SMILES string of the molecule is CC(C)[C@@H](C)NC(=O)C12CC(C(C)(F)F)(C1)C2. The monoisotopic (exact) mass is 245 g/mol. The van der Waals surface area contributed by atoms with Crippen molar-refractivity contribution in [3.8, 4) is 0 Å². The Hall–Kier alpha value is -0.670. The van der Waals surface area contributed by atoms with Crippen LogP contribution in [0, 0.1) is 16.7 Å². The first-order valence-corrected chi connectivity index (χ1v) is 6.31. The maximum atomic E-state index is 13.3. The molecule has 3 aliphatic carbocycles. The first-order valence-electron chi connectivity index (χ1n) is 6.31. The fourth-order valence-corrected chi connectivity index (χ4v) is 3.02. The maximum absolute atomic E-state index is 13.3. The molecule has 0 saturated heterocycles. The van der Waals surface area contributed by atoms with Crippen LogP contribution in [-0.2, 0) is 4.79 Å². The van der Waals surface area contributed by atoms with E-state index in [9.17, 15) is 13.6 Å². The summed E-state index contributed by atoms with van der Waals surface area (Å²) in [6, 6.07) is 0.106. The highest BCUT2D eigenvalue weighted by Gasteiger charge is 2.78. The molecule has 1 amide bonds. The number of alkyl halides is 2. The van der Waals surface area contributed by atoms with Crippen LogP contribution >= 0.6 is 0 Å². The van der Waals surface area contributed by atoms with Crippen LogP contribution in [0.25, 0.3) is 0 Å². The van der Waals surface area contributed by atoms with Crippen LogP contribution in [0.1, 0.15) is 47.0 Å². The van der Waals surface area contributed by atoms with Crippen molar-refractivity contribution >= 4 is 5.91 Å². The normalized spacial score (nSPS) is 37.1. The summed E-state index contributed by atoms with van der Waals surface area (Å²) in [6.07, 6.45) is 1.08. The third-order valence-electron chi connectivity index (χ3n) is 4.80. The Labute approximate surface area is 101 Å². The second-order valence-corrected chi connectivity index (χ2v) is 6.49. The minimum Gasteiger partial charge on any atom is -0.353 e. The van der Waals surface area contributed by atoms with Gasteiger partial charge in [0.05, 0.1) is 5.41 Å². The molecule has 3 saturated carbocycles. The number of amides is 1. The molecule has 17 heavy (non-hydrogen) atoms. The van der Waals surface area contributed by atoms with Crippen molar-refractivity contribution in [2.45, 2.75) is 58.9 Å². The van der Waals surface area contributed by atoms with E-state index >= 15 is 0 Å². The molecule has 0 spiro atoms. The minimum atomic E-state index is -2.64. The average molecular weight is 245 g/mol. The van der Waals surface area contributed by atoms with E-state index in [1.807, 2.05) is 20.8 Å². The molecule has 1 N–H and O–H groups in total. The van der Waals surface area contributed by atoms with Gasteiger partial charge in [-0.05, 0) is 39.0 Å². The summed E-state index contributed by atoms with van der Waals surface area (Å²) < 4.78 is 26.6. The molecule has 3 fully saturated rings. The molecule has 0 unspecified atom stereocenters. The van der Waals surface area contributed by atoms with Crippen molar-refractivity contribution < 1.29 is 13.6 Å². The summed E-state index contributed by atoms with van der Waals surface area (Å²) >= 11 is 0. The topological polar surface area (TPSA) is 29.1 Å². The lowest BCUT2D eigenvalue weighted by atomic mass is 9.33. The van der Waals surface area contributed by atoms with Gasteiger partial charge in [-0.3, -0.25) is 4.79 Å². The molecule has 3 rings (SSSR count). The van der Waals surface area contributed by atoms with Crippen LogP contribution in [-0.4, -0.2) is 17.9 Å². The highest BCUT2D eigenvalue weighted by atomic mass is 19.3. The number of carbonyl (C=O) groups is 1. The standard InChI is InChI=1S/C13H21F2NO/c1-8(2)9(3)16-10(17)12-5-13(6-12,7-12)11(4,14)15/h8-9H,5-7H2,1-4H3,(H,16,17)/t9-,12?,13?/m1/s1. The zero-order chi connectivity index (χ0) is 13.1. The van der Waals surface area contributed by atoms with E-state index in [0.717, 1.165) is 6.92 Å². The van der Waals surface area contributed by atoms with E-state index in [4.69, 9.17) is 0 Å². The predicted molar refractivity (Wildman–Crippen MR) is 61.8 cm³/mol. The zero-order valence-electron chi connectivity index (χ0n) is 10.9. The van der Waals surface area contributed by atoms with Gasteiger partial charge in [0.15, 0.2) is 0 Å². The molecule has 2 nitrogen and oxygen atoms in total. The molecule has 1 atom stereocenters. The molecule has 0 radical (unpaired) electrons. The molecular formula is C13H21F2NO. The Balaban J connectivity index is 1.91. The largest absolute Gasteiger partial charge is 0.353 e. The van der Waals surface area contributed by atoms with Crippen molar-refractivity contribution in [1.82, 2.24) is 5.32 Å². The smallest absolute Gasteiger partial charge is 0.251 e. The summed E-state index contributed by atoms with van der Waals surface area (Å²) in [5, 5.41) is 2.94. The van der Waals surface area contributed by atoms with Crippen LogP contribution < -0.4 is 5.32 Å². The molecule has 3 aliphatic rings. The molecule has 0 aromatic rings. The maximum Gasteiger partial charge on any atom is 0.251 e. The van der Waals surface area contributed by atoms with Gasteiger partial charge in [0, 0.05) is 11.5 Å². The van der Waals surface area contributed by atoms with Crippen LogP contribution in [0.2, 0.25) is 0 Å². The highest BCUT2D eigenvalue weighted by Crippen LogP contribution is 2.78. The van der Waals surface area contributed by atoms with E-state index < -0.39 is 16.8 Å². The van der Waals surface area contributed by atoms with Crippen molar-refractivity contribution in [2.24, 2.45) is 16.7 Å².